The van der Waals surface area contributed by atoms with E-state index in [0.717, 1.165) is 59.7 Å². The van der Waals surface area contributed by atoms with Crippen LogP contribution in [0.15, 0.2) is 0 Å². The van der Waals surface area contributed by atoms with Gasteiger partial charge in [0.2, 0.25) is 0 Å². The molecule has 38 heavy (non-hydrogen) atoms. The summed E-state index contributed by atoms with van der Waals surface area (Å²) >= 11 is 5.53. The molecule has 0 saturated carbocycles. The van der Waals surface area contributed by atoms with Crippen molar-refractivity contribution >= 4 is 49.4 Å². The fourth-order valence-corrected chi connectivity index (χ4v) is 14.0. The van der Waals surface area contributed by atoms with Gasteiger partial charge in [0.25, 0.3) is 0 Å². The van der Waals surface area contributed by atoms with Gasteiger partial charge < -0.3 is 28.5 Å². The van der Waals surface area contributed by atoms with Gasteiger partial charge in [-0.05, 0) is 29.6 Å². The SMILES string of the molecule is CC[Si](CC)(CC)O[C@@H]([C@@H]1CSC[C@@H]([C@@H](O)[C@@H]2CSCCC23OCCO3)C1=O)[C@@H]1CSCCC12OCCO2. The van der Waals surface area contributed by atoms with Crippen molar-refractivity contribution in [1.82, 2.24) is 0 Å². The number of carbonyl (C=O) groups excluding carboxylic acids is 1. The second-order valence-electron chi connectivity index (χ2n) is 11.3. The summed E-state index contributed by atoms with van der Waals surface area (Å²) in [6.07, 6.45) is 0.550. The van der Waals surface area contributed by atoms with Gasteiger partial charge in [-0.1, -0.05) is 20.8 Å². The number of ether oxygens (including phenoxy) is 4. The molecule has 0 aromatic heterocycles. The number of hydrogen-bond acceptors (Lipinski definition) is 10. The Hall–Kier alpha value is 0.697. The summed E-state index contributed by atoms with van der Waals surface area (Å²) in [5.41, 5.74) is 0. The van der Waals surface area contributed by atoms with Crippen LogP contribution < -0.4 is 0 Å². The first-order chi connectivity index (χ1) is 18.4. The molecule has 5 saturated heterocycles. The lowest BCUT2D eigenvalue weighted by atomic mass is 9.76. The van der Waals surface area contributed by atoms with Crippen LogP contribution in [0.25, 0.3) is 0 Å². The second kappa shape index (κ2) is 12.9. The maximum atomic E-state index is 14.4. The topological polar surface area (TPSA) is 83.5 Å². The second-order valence-corrected chi connectivity index (χ2v) is 19.4. The Balaban J connectivity index is 1.44. The first-order valence-corrected chi connectivity index (χ1v) is 20.6. The third-order valence-electron chi connectivity index (χ3n) is 9.73. The van der Waals surface area contributed by atoms with E-state index in [0.29, 0.717) is 32.2 Å². The van der Waals surface area contributed by atoms with Crippen LogP contribution in [0.5, 0.6) is 0 Å². The smallest absolute Gasteiger partial charge is 0.192 e. The van der Waals surface area contributed by atoms with Crippen molar-refractivity contribution < 1.29 is 33.3 Å². The Labute approximate surface area is 242 Å². The van der Waals surface area contributed by atoms with Gasteiger partial charge in [0.1, 0.15) is 5.78 Å². The number of thioether (sulfide) groups is 3. The standard InChI is InChI=1S/C27H46O7S3Si/c1-4-38(5-2,6-3)34-25(22-18-36-14-8-27(22)32-11-12-33-27)20-16-37-15-19(23(20)28)24(29)21-17-35-13-7-26(21)30-9-10-31-26/h19-22,24-25,29H,4-18H2,1-3H3/t19-,20-,21+,22+,24-,25+/m1/s1. The zero-order chi connectivity index (χ0) is 26.8. The Bertz CT molecular complexity index is 795. The van der Waals surface area contributed by atoms with Crippen LogP contribution in [0, 0.1) is 23.7 Å². The molecule has 5 aliphatic rings. The average molecular weight is 607 g/mol. The van der Waals surface area contributed by atoms with Gasteiger partial charge in [-0.15, -0.1) is 0 Å². The van der Waals surface area contributed by atoms with E-state index in [4.69, 9.17) is 23.4 Å². The highest BCUT2D eigenvalue weighted by molar-refractivity contribution is 7.99. The van der Waals surface area contributed by atoms with E-state index < -0.39 is 31.9 Å². The van der Waals surface area contributed by atoms with Crippen molar-refractivity contribution in [2.24, 2.45) is 23.7 Å². The fraction of sp³-hybridized carbons (Fsp3) is 0.963. The molecule has 7 nitrogen and oxygen atoms in total. The molecule has 0 amide bonds. The number of Topliss-reactive ketones (excluding diaryl/α,β-unsaturated/α-hetero) is 1. The summed E-state index contributed by atoms with van der Waals surface area (Å²) in [6.45, 7) is 9.05. The van der Waals surface area contributed by atoms with E-state index in [1.165, 1.54) is 0 Å². The van der Waals surface area contributed by atoms with Crippen LogP contribution >= 0.6 is 35.3 Å². The average Bonchev–Trinajstić information content (AvgIpc) is 3.61. The molecule has 5 aliphatic heterocycles. The first-order valence-electron chi connectivity index (χ1n) is 14.6. The zero-order valence-corrected chi connectivity index (χ0v) is 26.6. The molecule has 5 heterocycles. The normalized spacial score (nSPS) is 35.1. The molecule has 0 aromatic carbocycles. The Morgan fingerprint density at radius 1 is 0.816 bits per heavy atom. The van der Waals surface area contributed by atoms with Crippen molar-refractivity contribution in [3.8, 4) is 0 Å². The molecular weight excluding hydrogens is 561 g/mol. The van der Waals surface area contributed by atoms with Crippen LogP contribution in [0.2, 0.25) is 18.1 Å². The maximum Gasteiger partial charge on any atom is 0.192 e. The van der Waals surface area contributed by atoms with Crippen LogP contribution in [0.3, 0.4) is 0 Å². The minimum absolute atomic E-state index is 0.00351. The third-order valence-corrected chi connectivity index (χ3v) is 17.7. The van der Waals surface area contributed by atoms with E-state index in [-0.39, 0.29) is 29.6 Å². The molecule has 1 N–H and O–H groups in total. The van der Waals surface area contributed by atoms with Crippen LogP contribution in [0.4, 0.5) is 0 Å². The summed E-state index contributed by atoms with van der Waals surface area (Å²) in [6, 6.07) is 3.09. The lowest BCUT2D eigenvalue weighted by molar-refractivity contribution is -0.220. The van der Waals surface area contributed by atoms with Crippen molar-refractivity contribution in [3.63, 3.8) is 0 Å². The van der Waals surface area contributed by atoms with Gasteiger partial charge in [0.05, 0.1) is 50.5 Å². The molecule has 0 aromatic rings. The lowest BCUT2D eigenvalue weighted by Gasteiger charge is -2.49. The number of aliphatic hydroxyl groups excluding tert-OH is 1. The fourth-order valence-electron chi connectivity index (χ4n) is 7.13. The lowest BCUT2D eigenvalue weighted by Crippen LogP contribution is -2.60. The maximum absolute atomic E-state index is 14.4. The highest BCUT2D eigenvalue weighted by Gasteiger charge is 2.57. The van der Waals surface area contributed by atoms with Crippen molar-refractivity contribution in [2.75, 3.05) is 60.9 Å². The molecule has 2 spiro atoms. The first kappa shape index (κ1) is 30.2. The molecular formula is C27H46O7S3Si. The molecule has 0 bridgehead atoms. The van der Waals surface area contributed by atoms with E-state index in [1.807, 2.05) is 23.5 Å². The van der Waals surface area contributed by atoms with Crippen LogP contribution in [-0.2, 0) is 28.2 Å². The quantitative estimate of drug-likeness (QED) is 0.384. The van der Waals surface area contributed by atoms with Gasteiger partial charge >= 0.3 is 0 Å². The Morgan fingerprint density at radius 3 is 1.87 bits per heavy atom. The van der Waals surface area contributed by atoms with Gasteiger partial charge in [-0.25, -0.2) is 0 Å². The predicted molar refractivity (Wildman–Crippen MR) is 158 cm³/mol. The Morgan fingerprint density at radius 2 is 1.32 bits per heavy atom. The summed E-state index contributed by atoms with van der Waals surface area (Å²) in [5, 5.41) is 11.8. The summed E-state index contributed by atoms with van der Waals surface area (Å²) in [5.74, 6) is 2.76. The molecule has 218 valence electrons. The van der Waals surface area contributed by atoms with Crippen LogP contribution in [0.1, 0.15) is 33.6 Å². The van der Waals surface area contributed by atoms with E-state index in [2.05, 4.69) is 20.8 Å². The van der Waals surface area contributed by atoms with Crippen molar-refractivity contribution in [1.29, 1.82) is 0 Å². The molecule has 6 atom stereocenters. The molecule has 5 rings (SSSR count). The van der Waals surface area contributed by atoms with Crippen molar-refractivity contribution in [3.05, 3.63) is 0 Å². The van der Waals surface area contributed by atoms with Gasteiger partial charge in [0, 0.05) is 47.7 Å². The number of carbonyl (C=O) groups is 1. The number of ketones is 1. The monoisotopic (exact) mass is 606 g/mol. The Kier molecular flexibility index (Phi) is 10.3. The zero-order valence-electron chi connectivity index (χ0n) is 23.2. The van der Waals surface area contributed by atoms with E-state index in [9.17, 15) is 9.90 Å². The van der Waals surface area contributed by atoms with Crippen LogP contribution in [-0.4, -0.2) is 104 Å². The number of hydrogen-bond donors (Lipinski definition) is 1. The third kappa shape index (κ3) is 5.68. The van der Waals surface area contributed by atoms with Gasteiger partial charge in [-0.2, -0.15) is 35.3 Å². The molecule has 5 fully saturated rings. The van der Waals surface area contributed by atoms with E-state index >= 15 is 0 Å². The summed E-state index contributed by atoms with van der Waals surface area (Å²) in [4.78, 5) is 14.4. The molecule has 11 heteroatoms. The van der Waals surface area contributed by atoms with Crippen molar-refractivity contribution in [2.45, 2.75) is 75.5 Å². The molecule has 0 unspecified atom stereocenters. The van der Waals surface area contributed by atoms with Gasteiger partial charge in [0.15, 0.2) is 19.9 Å². The minimum Gasteiger partial charge on any atom is -0.413 e. The largest absolute Gasteiger partial charge is 0.413 e. The van der Waals surface area contributed by atoms with Gasteiger partial charge in [-0.3, -0.25) is 4.79 Å². The molecule has 0 radical (unpaired) electrons. The highest BCUT2D eigenvalue weighted by atomic mass is 32.2. The number of aliphatic hydroxyl groups is 1. The number of rotatable bonds is 9. The highest BCUT2D eigenvalue weighted by Crippen LogP contribution is 2.48. The molecule has 0 aliphatic carbocycles. The summed E-state index contributed by atoms with van der Waals surface area (Å²) in [7, 11) is -2.04. The predicted octanol–water partition coefficient (Wildman–Crippen LogP) is 4.28. The summed E-state index contributed by atoms with van der Waals surface area (Å²) < 4.78 is 32.2. The minimum atomic E-state index is -2.04. The van der Waals surface area contributed by atoms with E-state index in [1.54, 1.807) is 11.8 Å².